The number of H-pyrrole nitrogens is 1. The van der Waals surface area contributed by atoms with Crippen molar-refractivity contribution < 1.29 is 22.1 Å². The van der Waals surface area contributed by atoms with Gasteiger partial charge in [-0.2, -0.15) is 0 Å². The molecule has 17 heavy (non-hydrogen) atoms. The van der Waals surface area contributed by atoms with Crippen LogP contribution in [0.15, 0.2) is 48.7 Å². The van der Waals surface area contributed by atoms with Crippen LogP contribution in [-0.2, 0) is 0 Å². The lowest BCUT2D eigenvalue weighted by atomic mass is 9.98. The number of hydrogen-bond donors (Lipinski definition) is 0. The highest BCUT2D eigenvalue weighted by Crippen LogP contribution is 2.31. The van der Waals surface area contributed by atoms with Crippen LogP contribution in [0.25, 0.3) is 32.4 Å². The van der Waals surface area contributed by atoms with Crippen LogP contribution < -0.4 is 22.1 Å². The summed E-state index contributed by atoms with van der Waals surface area (Å²) in [4.78, 5) is 0. The second-order valence-corrected chi connectivity index (χ2v) is 4.08. The van der Waals surface area contributed by atoms with Gasteiger partial charge >= 0.3 is 0 Å². The summed E-state index contributed by atoms with van der Waals surface area (Å²) in [5.74, 6) is 0. The van der Waals surface area contributed by atoms with E-state index < -0.39 is 0 Å². The van der Waals surface area contributed by atoms with Gasteiger partial charge in [0.05, 0.1) is 5.39 Å². The highest BCUT2D eigenvalue weighted by Gasteiger charge is 2.09. The van der Waals surface area contributed by atoms with Crippen molar-refractivity contribution in [3.8, 4) is 0 Å². The fourth-order valence-corrected chi connectivity index (χ4v) is 2.48. The Morgan fingerprint density at radius 3 is 2.29 bits per heavy atom. The Hall–Kier alpha value is -1.74. The molecule has 0 bridgehead atoms. The molecule has 3 heteroatoms. The van der Waals surface area contributed by atoms with E-state index in [0.717, 1.165) is 5.52 Å². The molecule has 0 amide bonds. The number of nitrogens with zero attached hydrogens (tertiary/aromatic N) is 1. The van der Waals surface area contributed by atoms with E-state index in [2.05, 4.69) is 52.7 Å². The molecule has 0 atom stereocenters. The van der Waals surface area contributed by atoms with E-state index in [0.29, 0.717) is 0 Å². The van der Waals surface area contributed by atoms with Crippen LogP contribution in [0.4, 0.5) is 0 Å². The number of aromatic nitrogens is 2. The van der Waals surface area contributed by atoms with E-state index in [1.54, 1.807) is 0 Å². The number of aromatic amines is 1. The molecule has 0 aliphatic carbocycles. The van der Waals surface area contributed by atoms with Gasteiger partial charge in [-0.15, -0.1) is 5.10 Å². The molecule has 0 unspecified atom stereocenters. The van der Waals surface area contributed by atoms with E-state index in [1.165, 1.54) is 26.9 Å². The molecular formula is C14H9BrN2. The summed E-state index contributed by atoms with van der Waals surface area (Å²) in [6, 6.07) is 14.9. The van der Waals surface area contributed by atoms with Crippen LogP contribution in [0.5, 0.6) is 0 Å². The maximum atomic E-state index is 4.31. The molecule has 0 fully saturated rings. The maximum Gasteiger partial charge on any atom is 0.201 e. The van der Waals surface area contributed by atoms with Gasteiger partial charge in [-0.1, -0.05) is 30.3 Å². The van der Waals surface area contributed by atoms with Gasteiger partial charge in [0.1, 0.15) is 5.52 Å². The summed E-state index contributed by atoms with van der Waals surface area (Å²) in [5.41, 5.74) is 1.03. The van der Waals surface area contributed by atoms with Gasteiger partial charge in [0, 0.05) is 5.39 Å². The molecule has 1 aromatic heterocycles. The number of halogens is 1. The Morgan fingerprint density at radius 2 is 1.47 bits per heavy atom. The molecule has 2 nitrogen and oxygen atoms in total. The summed E-state index contributed by atoms with van der Waals surface area (Å²) in [5, 5.41) is 13.6. The topological polar surface area (TPSA) is 27.0 Å². The molecule has 82 valence electrons. The minimum absolute atomic E-state index is 0. The van der Waals surface area contributed by atoms with Gasteiger partial charge < -0.3 is 17.0 Å². The van der Waals surface area contributed by atoms with Crippen molar-refractivity contribution in [2.75, 3.05) is 0 Å². The lowest BCUT2D eigenvalue weighted by Gasteiger charge is -2.06. The summed E-state index contributed by atoms with van der Waals surface area (Å²) < 4.78 is 0. The SMILES string of the molecule is [Br-].c1cc2ccc3c[nH+]nc4ccc(c1)c2c34. The molecule has 3 aromatic carbocycles. The van der Waals surface area contributed by atoms with Crippen LogP contribution in [0.2, 0.25) is 0 Å². The van der Waals surface area contributed by atoms with Crippen molar-refractivity contribution in [2.45, 2.75) is 0 Å². The molecule has 0 aliphatic rings. The normalized spacial score (nSPS) is 11.1. The fourth-order valence-electron chi connectivity index (χ4n) is 2.48. The highest BCUT2D eigenvalue weighted by molar-refractivity contribution is 6.21. The highest BCUT2D eigenvalue weighted by atomic mass is 79.9. The van der Waals surface area contributed by atoms with Crippen LogP contribution in [0.3, 0.4) is 0 Å². The lowest BCUT2D eigenvalue weighted by molar-refractivity contribution is -0.450. The van der Waals surface area contributed by atoms with Crippen LogP contribution in [-0.4, -0.2) is 5.10 Å². The zero-order chi connectivity index (χ0) is 10.5. The summed E-state index contributed by atoms with van der Waals surface area (Å²) >= 11 is 0. The molecule has 1 heterocycles. The molecule has 0 spiro atoms. The van der Waals surface area contributed by atoms with Crippen LogP contribution in [0, 0.1) is 0 Å². The van der Waals surface area contributed by atoms with E-state index in [-0.39, 0.29) is 17.0 Å². The standard InChI is InChI=1S/C14H8N2.BrH/c1-2-9-4-5-11-8-15-16-12-7-6-10(3-1)13(9)14(11)12;/h1-8H;1H. The van der Waals surface area contributed by atoms with Crippen molar-refractivity contribution in [1.82, 2.24) is 5.10 Å². The summed E-state index contributed by atoms with van der Waals surface area (Å²) in [7, 11) is 0. The first kappa shape index (κ1) is 10.4. The fraction of sp³-hybridized carbons (Fsp3) is 0. The second kappa shape index (κ2) is 3.64. The van der Waals surface area contributed by atoms with Gasteiger partial charge in [-0.25, -0.2) is 0 Å². The first-order valence-corrected chi connectivity index (χ1v) is 5.34. The Bertz CT molecular complexity index is 681. The van der Waals surface area contributed by atoms with Gasteiger partial charge in [-0.05, 0) is 33.4 Å². The number of benzene rings is 3. The molecular weight excluding hydrogens is 276 g/mol. The number of hydrogen-bond acceptors (Lipinski definition) is 1. The van der Waals surface area contributed by atoms with Crippen molar-refractivity contribution in [3.63, 3.8) is 0 Å². The van der Waals surface area contributed by atoms with Crippen molar-refractivity contribution in [3.05, 3.63) is 48.7 Å². The molecule has 0 aliphatic heterocycles. The Kier molecular flexibility index (Phi) is 2.23. The Labute approximate surface area is 108 Å². The maximum absolute atomic E-state index is 4.31. The van der Waals surface area contributed by atoms with E-state index in [4.69, 9.17) is 0 Å². The molecule has 1 N–H and O–H groups in total. The van der Waals surface area contributed by atoms with E-state index in [1.807, 2.05) is 6.20 Å². The third-order valence-electron chi connectivity index (χ3n) is 3.19. The average molecular weight is 285 g/mol. The monoisotopic (exact) mass is 284 g/mol. The molecule has 0 radical (unpaired) electrons. The minimum atomic E-state index is 0. The first-order valence-electron chi connectivity index (χ1n) is 5.34. The second-order valence-electron chi connectivity index (χ2n) is 4.08. The van der Waals surface area contributed by atoms with E-state index in [9.17, 15) is 0 Å². The van der Waals surface area contributed by atoms with Crippen LogP contribution in [0.1, 0.15) is 0 Å². The molecule has 4 rings (SSSR count). The van der Waals surface area contributed by atoms with Gasteiger partial charge in [-0.3, -0.25) is 0 Å². The van der Waals surface area contributed by atoms with Crippen molar-refractivity contribution >= 4 is 32.4 Å². The predicted molar refractivity (Wildman–Crippen MR) is 64.5 cm³/mol. The summed E-state index contributed by atoms with van der Waals surface area (Å²) in [6.45, 7) is 0. The smallest absolute Gasteiger partial charge is 0.201 e. The molecule has 0 saturated heterocycles. The van der Waals surface area contributed by atoms with Gasteiger partial charge in [0.25, 0.3) is 0 Å². The zero-order valence-corrected chi connectivity index (χ0v) is 10.5. The Balaban J connectivity index is 0.000000902. The molecule has 4 aromatic rings. The Morgan fingerprint density at radius 1 is 0.765 bits per heavy atom. The third kappa shape index (κ3) is 1.32. The van der Waals surface area contributed by atoms with Crippen molar-refractivity contribution in [2.24, 2.45) is 0 Å². The average Bonchev–Trinajstić information content (AvgIpc) is 2.36. The van der Waals surface area contributed by atoms with Gasteiger partial charge in [0.2, 0.25) is 6.20 Å². The summed E-state index contributed by atoms with van der Waals surface area (Å²) in [6.07, 6.45) is 1.95. The lowest BCUT2D eigenvalue weighted by Crippen LogP contribution is -3.00. The predicted octanol–water partition coefficient (Wildman–Crippen LogP) is -0.203. The number of rotatable bonds is 0. The van der Waals surface area contributed by atoms with Crippen molar-refractivity contribution in [1.29, 1.82) is 0 Å². The minimum Gasteiger partial charge on any atom is -1.00 e. The van der Waals surface area contributed by atoms with E-state index >= 15 is 0 Å². The molecule has 0 saturated carbocycles. The first-order chi connectivity index (χ1) is 7.93. The van der Waals surface area contributed by atoms with Crippen LogP contribution >= 0.6 is 0 Å². The zero-order valence-electron chi connectivity index (χ0n) is 8.94. The largest absolute Gasteiger partial charge is 1.00 e. The number of nitrogens with one attached hydrogen (secondary N) is 1. The van der Waals surface area contributed by atoms with Gasteiger partial charge in [0.15, 0.2) is 0 Å². The quantitative estimate of drug-likeness (QED) is 0.411. The third-order valence-corrected chi connectivity index (χ3v) is 3.19.